The summed E-state index contributed by atoms with van der Waals surface area (Å²) >= 11 is 1.85. The van der Waals surface area contributed by atoms with E-state index in [-0.39, 0.29) is 0 Å². The van der Waals surface area contributed by atoms with Crippen molar-refractivity contribution in [1.82, 2.24) is 10.3 Å². The van der Waals surface area contributed by atoms with Gasteiger partial charge in [0.25, 0.3) is 0 Å². The smallest absolute Gasteiger partial charge is 0.0936 e. The normalized spacial score (nSPS) is 15.4. The second-order valence-electron chi connectivity index (χ2n) is 5.27. The Bertz CT molecular complexity index is 324. The molecule has 1 atom stereocenters. The highest BCUT2D eigenvalue weighted by Crippen LogP contribution is 2.32. The Morgan fingerprint density at radius 3 is 2.38 bits per heavy atom. The fourth-order valence-corrected chi connectivity index (χ4v) is 2.97. The number of nitrogens with zero attached hydrogens (tertiary/aromatic N) is 1. The molecule has 1 N–H and O–H groups in total. The number of hydrogen-bond acceptors (Lipinski definition) is 3. The van der Waals surface area contributed by atoms with Gasteiger partial charge in [-0.1, -0.05) is 20.8 Å². The zero-order valence-corrected chi connectivity index (χ0v) is 12.2. The minimum absolute atomic E-state index is 0.297. The lowest BCUT2D eigenvalue weighted by Gasteiger charge is -2.33. The van der Waals surface area contributed by atoms with Gasteiger partial charge in [0.2, 0.25) is 0 Å². The van der Waals surface area contributed by atoms with Crippen molar-refractivity contribution >= 4 is 11.3 Å². The highest BCUT2D eigenvalue weighted by molar-refractivity contribution is 7.11. The molecule has 0 fully saturated rings. The van der Waals surface area contributed by atoms with Crippen LogP contribution in [0.3, 0.4) is 0 Å². The van der Waals surface area contributed by atoms with E-state index in [4.69, 9.17) is 0 Å². The van der Waals surface area contributed by atoms with Crippen LogP contribution in [0.2, 0.25) is 0 Å². The molecule has 1 aromatic heterocycles. The summed E-state index contributed by atoms with van der Waals surface area (Å²) in [6.07, 6.45) is 1.07. The Morgan fingerprint density at radius 1 is 1.38 bits per heavy atom. The first-order chi connectivity index (χ1) is 7.39. The third kappa shape index (κ3) is 3.05. The summed E-state index contributed by atoms with van der Waals surface area (Å²) in [4.78, 5) is 6.00. The molecule has 0 aliphatic rings. The molecular weight excluding hydrogens is 216 g/mol. The molecule has 1 heterocycles. The highest BCUT2D eigenvalue weighted by Gasteiger charge is 2.29. The second-order valence-corrected chi connectivity index (χ2v) is 6.55. The Balaban J connectivity index is 2.83. The van der Waals surface area contributed by atoms with E-state index in [1.807, 2.05) is 18.4 Å². The molecule has 1 aromatic rings. The van der Waals surface area contributed by atoms with Gasteiger partial charge in [0.1, 0.15) is 0 Å². The highest BCUT2D eigenvalue weighted by atomic mass is 32.1. The minimum atomic E-state index is 0.297. The maximum atomic E-state index is 4.65. The first kappa shape index (κ1) is 13.7. The minimum Gasteiger partial charge on any atom is -0.319 e. The summed E-state index contributed by atoms with van der Waals surface area (Å²) in [7, 11) is 2.03. The van der Waals surface area contributed by atoms with Crippen molar-refractivity contribution in [3.8, 4) is 0 Å². The van der Waals surface area contributed by atoms with E-state index in [1.54, 1.807) is 0 Å². The topological polar surface area (TPSA) is 24.9 Å². The van der Waals surface area contributed by atoms with Crippen LogP contribution in [-0.2, 0) is 6.42 Å². The standard InChI is InChI=1S/C13H24N2S/c1-9(2)13(5,8-14-6)7-12-15-10(3)11(4)16-12/h9,14H,7-8H2,1-6H3. The zero-order valence-electron chi connectivity index (χ0n) is 11.3. The molecule has 3 heteroatoms. The Labute approximate surface area is 103 Å². The van der Waals surface area contributed by atoms with E-state index in [9.17, 15) is 0 Å². The molecule has 0 radical (unpaired) electrons. The molecule has 16 heavy (non-hydrogen) atoms. The quantitative estimate of drug-likeness (QED) is 0.855. The van der Waals surface area contributed by atoms with E-state index in [0.29, 0.717) is 11.3 Å². The van der Waals surface area contributed by atoms with E-state index in [0.717, 1.165) is 13.0 Å². The van der Waals surface area contributed by atoms with Crippen LogP contribution < -0.4 is 5.32 Å². The van der Waals surface area contributed by atoms with Crippen LogP contribution >= 0.6 is 11.3 Å². The maximum Gasteiger partial charge on any atom is 0.0936 e. The van der Waals surface area contributed by atoms with Gasteiger partial charge < -0.3 is 5.32 Å². The Hall–Kier alpha value is -0.410. The molecule has 1 unspecified atom stereocenters. The van der Waals surface area contributed by atoms with Gasteiger partial charge in [-0.3, -0.25) is 0 Å². The second kappa shape index (κ2) is 5.28. The van der Waals surface area contributed by atoms with Gasteiger partial charge in [0.15, 0.2) is 0 Å². The van der Waals surface area contributed by atoms with Crippen LogP contribution in [0.5, 0.6) is 0 Å². The summed E-state index contributed by atoms with van der Waals surface area (Å²) in [5.74, 6) is 0.657. The molecule has 92 valence electrons. The molecule has 2 nitrogen and oxygen atoms in total. The fourth-order valence-electron chi connectivity index (χ4n) is 1.83. The lowest BCUT2D eigenvalue weighted by atomic mass is 9.76. The van der Waals surface area contributed by atoms with E-state index < -0.39 is 0 Å². The van der Waals surface area contributed by atoms with Gasteiger partial charge in [-0.25, -0.2) is 4.98 Å². The fraction of sp³-hybridized carbons (Fsp3) is 0.769. The average molecular weight is 240 g/mol. The monoisotopic (exact) mass is 240 g/mol. The van der Waals surface area contributed by atoms with Crippen molar-refractivity contribution in [1.29, 1.82) is 0 Å². The zero-order chi connectivity index (χ0) is 12.3. The van der Waals surface area contributed by atoms with Crippen LogP contribution in [0.4, 0.5) is 0 Å². The summed E-state index contributed by atoms with van der Waals surface area (Å²) in [6.45, 7) is 12.2. The van der Waals surface area contributed by atoms with Crippen molar-refractivity contribution in [2.24, 2.45) is 11.3 Å². The summed E-state index contributed by atoms with van der Waals surface area (Å²) < 4.78 is 0. The van der Waals surface area contributed by atoms with Gasteiger partial charge in [-0.15, -0.1) is 11.3 Å². The summed E-state index contributed by atoms with van der Waals surface area (Å²) in [5, 5.41) is 4.59. The van der Waals surface area contributed by atoms with Gasteiger partial charge >= 0.3 is 0 Å². The third-order valence-corrected chi connectivity index (χ3v) is 4.68. The molecule has 0 aliphatic carbocycles. The third-order valence-electron chi connectivity index (χ3n) is 3.60. The number of nitrogens with one attached hydrogen (secondary N) is 1. The Morgan fingerprint density at radius 2 is 2.00 bits per heavy atom. The molecule has 0 aliphatic heterocycles. The number of aromatic nitrogens is 1. The van der Waals surface area contributed by atoms with Crippen molar-refractivity contribution in [3.05, 3.63) is 15.6 Å². The molecule has 0 spiro atoms. The summed E-state index contributed by atoms with van der Waals surface area (Å²) in [5.41, 5.74) is 1.49. The summed E-state index contributed by atoms with van der Waals surface area (Å²) in [6, 6.07) is 0. The SMILES string of the molecule is CNCC(C)(Cc1nc(C)c(C)s1)C(C)C. The molecule has 0 bridgehead atoms. The van der Waals surface area contributed by atoms with Gasteiger partial charge in [-0.2, -0.15) is 0 Å². The lowest BCUT2D eigenvalue weighted by molar-refractivity contribution is 0.212. The van der Waals surface area contributed by atoms with Crippen LogP contribution in [-0.4, -0.2) is 18.6 Å². The number of rotatable bonds is 5. The molecular formula is C13H24N2S. The lowest BCUT2D eigenvalue weighted by Crippen LogP contribution is -2.36. The van der Waals surface area contributed by atoms with Crippen LogP contribution in [0, 0.1) is 25.2 Å². The first-order valence-electron chi connectivity index (χ1n) is 5.96. The molecule has 0 amide bonds. The predicted octanol–water partition coefficient (Wildman–Crippen LogP) is 3.18. The Kier molecular flexibility index (Phi) is 4.51. The van der Waals surface area contributed by atoms with Gasteiger partial charge in [0.05, 0.1) is 10.7 Å². The van der Waals surface area contributed by atoms with E-state index >= 15 is 0 Å². The van der Waals surface area contributed by atoms with Gasteiger partial charge in [0, 0.05) is 17.8 Å². The first-order valence-corrected chi connectivity index (χ1v) is 6.78. The van der Waals surface area contributed by atoms with Crippen LogP contribution in [0.15, 0.2) is 0 Å². The van der Waals surface area contributed by atoms with Crippen LogP contribution in [0.25, 0.3) is 0 Å². The molecule has 0 aromatic carbocycles. The van der Waals surface area contributed by atoms with E-state index in [1.165, 1.54) is 15.6 Å². The van der Waals surface area contributed by atoms with Crippen LogP contribution in [0.1, 0.15) is 36.3 Å². The number of hydrogen-bond donors (Lipinski definition) is 1. The molecule has 1 rings (SSSR count). The van der Waals surface area contributed by atoms with Crippen molar-refractivity contribution in [2.75, 3.05) is 13.6 Å². The van der Waals surface area contributed by atoms with Crippen molar-refractivity contribution in [3.63, 3.8) is 0 Å². The average Bonchev–Trinajstić information content (AvgIpc) is 2.45. The largest absolute Gasteiger partial charge is 0.319 e. The predicted molar refractivity (Wildman–Crippen MR) is 72.2 cm³/mol. The maximum absolute atomic E-state index is 4.65. The van der Waals surface area contributed by atoms with E-state index in [2.05, 4.69) is 44.9 Å². The van der Waals surface area contributed by atoms with Crippen molar-refractivity contribution < 1.29 is 0 Å². The number of aryl methyl sites for hydroxylation is 2. The molecule has 0 saturated carbocycles. The van der Waals surface area contributed by atoms with Crippen molar-refractivity contribution in [2.45, 2.75) is 41.0 Å². The van der Waals surface area contributed by atoms with Gasteiger partial charge in [-0.05, 0) is 32.2 Å². The number of thiazole rings is 1. The molecule has 0 saturated heterocycles.